The topological polar surface area (TPSA) is 102 Å². The number of hydrogen-bond donors (Lipinski definition) is 2. The largest absolute Gasteiger partial charge is 0.495 e. The number of nitrogens with zero attached hydrogens (tertiary/aromatic N) is 2. The number of sulfonamides is 1. The van der Waals surface area contributed by atoms with Gasteiger partial charge in [0.1, 0.15) is 11.4 Å². The molecule has 3 rings (SSSR count). The summed E-state index contributed by atoms with van der Waals surface area (Å²) in [5.41, 5.74) is 2.50. The van der Waals surface area contributed by atoms with Crippen LogP contribution < -0.4 is 14.8 Å². The average Bonchev–Trinajstić information content (AvgIpc) is 3.20. The Morgan fingerprint density at radius 2 is 1.88 bits per heavy atom. The van der Waals surface area contributed by atoms with Gasteiger partial charge in [-0.25, -0.2) is 8.42 Å². The highest BCUT2D eigenvalue weighted by molar-refractivity contribution is 7.92. The van der Waals surface area contributed by atoms with Gasteiger partial charge in [-0.1, -0.05) is 32.0 Å². The molecule has 1 heterocycles. The zero-order chi connectivity index (χ0) is 23.5. The van der Waals surface area contributed by atoms with Crippen molar-refractivity contribution < 1.29 is 17.9 Å². The van der Waals surface area contributed by atoms with Gasteiger partial charge in [-0.3, -0.25) is 14.2 Å². The lowest BCUT2D eigenvalue weighted by molar-refractivity contribution is 0.101. The Hall–Kier alpha value is -3.33. The molecular formula is C23H28N4O4S. The lowest BCUT2D eigenvalue weighted by Crippen LogP contribution is -2.18. The van der Waals surface area contributed by atoms with E-state index in [0.29, 0.717) is 34.9 Å². The molecule has 0 spiro atoms. The standard InChI is InChI=1S/C23H28N4O4S/c1-6-27-20(14-19(25-27)15(2)3)23(28)24-17-12-11-16(4)22(13-17)32(29,30)26-18-9-7-8-10-21(18)31-5/h7-15,26H,6H2,1-5H3,(H,24,28). The normalized spacial score (nSPS) is 11.4. The molecule has 8 nitrogen and oxygen atoms in total. The minimum atomic E-state index is -3.92. The minimum absolute atomic E-state index is 0.0630. The van der Waals surface area contributed by atoms with Crippen LogP contribution in [0.4, 0.5) is 11.4 Å². The van der Waals surface area contributed by atoms with E-state index in [-0.39, 0.29) is 16.7 Å². The van der Waals surface area contributed by atoms with Crippen molar-refractivity contribution >= 4 is 27.3 Å². The minimum Gasteiger partial charge on any atom is -0.495 e. The van der Waals surface area contributed by atoms with Gasteiger partial charge in [-0.05, 0) is 55.7 Å². The summed E-state index contributed by atoms with van der Waals surface area (Å²) in [4.78, 5) is 13.0. The fourth-order valence-electron chi connectivity index (χ4n) is 3.23. The average molecular weight is 457 g/mol. The first-order valence-corrected chi connectivity index (χ1v) is 11.8. The number of rotatable bonds is 8. The van der Waals surface area contributed by atoms with Gasteiger partial charge in [0.15, 0.2) is 0 Å². The van der Waals surface area contributed by atoms with Crippen molar-refractivity contribution in [3.8, 4) is 5.75 Å². The van der Waals surface area contributed by atoms with Gasteiger partial charge in [0, 0.05) is 12.2 Å². The number of amides is 1. The van der Waals surface area contributed by atoms with Crippen LogP contribution in [-0.2, 0) is 16.6 Å². The van der Waals surface area contributed by atoms with Gasteiger partial charge in [-0.2, -0.15) is 5.10 Å². The summed E-state index contributed by atoms with van der Waals surface area (Å²) in [5, 5.41) is 7.26. The van der Waals surface area contributed by atoms with E-state index in [1.807, 2.05) is 20.8 Å². The van der Waals surface area contributed by atoms with Crippen molar-refractivity contribution in [2.24, 2.45) is 0 Å². The van der Waals surface area contributed by atoms with E-state index < -0.39 is 10.0 Å². The number of carbonyl (C=O) groups is 1. The van der Waals surface area contributed by atoms with Crippen LogP contribution in [0.2, 0.25) is 0 Å². The van der Waals surface area contributed by atoms with Crippen molar-refractivity contribution in [3.63, 3.8) is 0 Å². The maximum absolute atomic E-state index is 13.1. The molecule has 0 aliphatic heterocycles. The van der Waals surface area contributed by atoms with E-state index in [1.165, 1.54) is 13.2 Å². The number of hydrogen-bond acceptors (Lipinski definition) is 5. The Balaban J connectivity index is 1.90. The Labute approximate surface area is 188 Å². The Bertz CT molecular complexity index is 1230. The van der Waals surface area contributed by atoms with Gasteiger partial charge in [0.2, 0.25) is 0 Å². The quantitative estimate of drug-likeness (QED) is 0.523. The number of nitrogens with one attached hydrogen (secondary N) is 2. The molecule has 170 valence electrons. The third kappa shape index (κ3) is 4.94. The third-order valence-corrected chi connectivity index (χ3v) is 6.52. The number of methoxy groups -OCH3 is 1. The van der Waals surface area contributed by atoms with Gasteiger partial charge in [0.05, 0.1) is 23.4 Å². The lowest BCUT2D eigenvalue weighted by atomic mass is 10.1. The molecule has 0 atom stereocenters. The van der Waals surface area contributed by atoms with E-state index in [1.54, 1.807) is 54.1 Å². The van der Waals surface area contributed by atoms with Crippen LogP contribution in [0.15, 0.2) is 53.4 Å². The summed E-state index contributed by atoms with van der Waals surface area (Å²) in [6, 6.07) is 13.3. The zero-order valence-electron chi connectivity index (χ0n) is 18.8. The highest BCUT2D eigenvalue weighted by Gasteiger charge is 2.21. The van der Waals surface area contributed by atoms with Crippen molar-refractivity contribution in [1.82, 2.24) is 9.78 Å². The predicted octanol–water partition coefficient (Wildman–Crippen LogP) is 4.40. The van der Waals surface area contributed by atoms with Crippen molar-refractivity contribution in [1.29, 1.82) is 0 Å². The molecule has 0 fully saturated rings. The van der Waals surface area contributed by atoms with E-state index in [0.717, 1.165) is 5.69 Å². The van der Waals surface area contributed by atoms with Crippen molar-refractivity contribution in [3.05, 3.63) is 65.5 Å². The summed E-state index contributed by atoms with van der Waals surface area (Å²) in [5.74, 6) is 0.245. The van der Waals surface area contributed by atoms with Crippen LogP contribution in [0.3, 0.4) is 0 Å². The Morgan fingerprint density at radius 1 is 1.16 bits per heavy atom. The number of aromatic nitrogens is 2. The number of para-hydroxylation sites is 2. The summed E-state index contributed by atoms with van der Waals surface area (Å²) in [6.45, 7) is 8.18. The van der Waals surface area contributed by atoms with Crippen LogP contribution >= 0.6 is 0 Å². The van der Waals surface area contributed by atoms with Crippen LogP contribution in [0, 0.1) is 6.92 Å². The smallest absolute Gasteiger partial charge is 0.273 e. The first-order chi connectivity index (χ1) is 15.2. The van der Waals surface area contributed by atoms with Crippen LogP contribution in [-0.4, -0.2) is 31.2 Å². The van der Waals surface area contributed by atoms with Crippen LogP contribution in [0.5, 0.6) is 5.75 Å². The monoisotopic (exact) mass is 456 g/mol. The van der Waals surface area contributed by atoms with E-state index >= 15 is 0 Å². The first kappa shape index (κ1) is 23.3. The number of ether oxygens (including phenoxy) is 1. The molecule has 9 heteroatoms. The molecule has 0 saturated heterocycles. The molecule has 1 amide bonds. The third-order valence-electron chi connectivity index (χ3n) is 5.01. The molecular weight excluding hydrogens is 428 g/mol. The van der Waals surface area contributed by atoms with E-state index in [4.69, 9.17) is 4.74 Å². The molecule has 0 saturated carbocycles. The highest BCUT2D eigenvalue weighted by Crippen LogP contribution is 2.28. The Morgan fingerprint density at radius 3 is 2.53 bits per heavy atom. The van der Waals surface area contributed by atoms with Crippen molar-refractivity contribution in [2.75, 3.05) is 17.1 Å². The fraction of sp³-hybridized carbons (Fsp3) is 0.304. The summed E-state index contributed by atoms with van der Waals surface area (Å²) >= 11 is 0. The maximum atomic E-state index is 13.1. The molecule has 0 radical (unpaired) electrons. The second-order valence-electron chi connectivity index (χ2n) is 7.67. The number of anilines is 2. The number of benzene rings is 2. The molecule has 2 N–H and O–H groups in total. The molecule has 2 aromatic carbocycles. The molecule has 1 aromatic heterocycles. The Kier molecular flexibility index (Phi) is 6.88. The molecule has 3 aromatic rings. The van der Waals surface area contributed by atoms with Crippen molar-refractivity contribution in [2.45, 2.75) is 45.1 Å². The highest BCUT2D eigenvalue weighted by atomic mass is 32.2. The second-order valence-corrected chi connectivity index (χ2v) is 9.32. The maximum Gasteiger partial charge on any atom is 0.273 e. The molecule has 0 aliphatic rings. The van der Waals surface area contributed by atoms with E-state index in [9.17, 15) is 13.2 Å². The van der Waals surface area contributed by atoms with Crippen LogP contribution in [0.25, 0.3) is 0 Å². The van der Waals surface area contributed by atoms with Gasteiger partial charge in [0.25, 0.3) is 15.9 Å². The van der Waals surface area contributed by atoms with Gasteiger partial charge in [-0.15, -0.1) is 0 Å². The number of aryl methyl sites for hydroxylation is 2. The van der Waals surface area contributed by atoms with E-state index in [2.05, 4.69) is 15.1 Å². The summed E-state index contributed by atoms with van der Waals surface area (Å²) in [7, 11) is -2.45. The molecule has 0 bridgehead atoms. The molecule has 0 aliphatic carbocycles. The fourth-order valence-corrected chi connectivity index (χ4v) is 4.58. The molecule has 0 unspecified atom stereocenters. The second kappa shape index (κ2) is 9.44. The first-order valence-electron chi connectivity index (χ1n) is 10.3. The zero-order valence-corrected chi connectivity index (χ0v) is 19.7. The lowest BCUT2D eigenvalue weighted by Gasteiger charge is -2.14. The SMILES string of the molecule is CCn1nc(C(C)C)cc1C(=O)Nc1ccc(C)c(S(=O)(=O)Nc2ccccc2OC)c1. The molecule has 32 heavy (non-hydrogen) atoms. The van der Waals surface area contributed by atoms with Gasteiger partial charge < -0.3 is 10.1 Å². The summed E-state index contributed by atoms with van der Waals surface area (Å²) in [6.07, 6.45) is 0. The predicted molar refractivity (Wildman–Crippen MR) is 125 cm³/mol. The number of carbonyl (C=O) groups excluding carboxylic acids is 1. The van der Waals surface area contributed by atoms with Crippen LogP contribution in [0.1, 0.15) is 48.4 Å². The van der Waals surface area contributed by atoms with Gasteiger partial charge >= 0.3 is 0 Å². The summed E-state index contributed by atoms with van der Waals surface area (Å²) < 4.78 is 35.6.